The number of para-hydroxylation sites is 2. The minimum atomic E-state index is 0.290. The lowest BCUT2D eigenvalue weighted by molar-refractivity contribution is 0.409. The Kier molecular flexibility index (Phi) is 4.98. The molecule has 0 unspecified atom stereocenters. The second-order valence-corrected chi connectivity index (χ2v) is 8.12. The summed E-state index contributed by atoms with van der Waals surface area (Å²) in [5.41, 5.74) is 2.91. The van der Waals surface area contributed by atoms with Gasteiger partial charge in [-0.25, -0.2) is 0 Å². The van der Waals surface area contributed by atoms with Crippen LogP contribution in [0.4, 0.5) is 0 Å². The van der Waals surface area contributed by atoms with Crippen molar-refractivity contribution in [2.75, 3.05) is 7.11 Å². The number of nitrogens with zero attached hydrogens (tertiary/aromatic N) is 2. The van der Waals surface area contributed by atoms with Gasteiger partial charge < -0.3 is 4.74 Å². The third-order valence-electron chi connectivity index (χ3n) is 4.50. The molecule has 0 aliphatic carbocycles. The first-order valence-electron chi connectivity index (χ1n) is 8.81. The predicted octanol–water partition coefficient (Wildman–Crippen LogP) is 6.35. The lowest BCUT2D eigenvalue weighted by Crippen LogP contribution is -1.98. The average molecular weight is 393 g/mol. The van der Waals surface area contributed by atoms with Crippen LogP contribution in [0.5, 0.6) is 5.75 Å². The fourth-order valence-corrected chi connectivity index (χ4v) is 4.85. The van der Waals surface area contributed by atoms with E-state index < -0.39 is 0 Å². The number of aromatic nitrogens is 2. The van der Waals surface area contributed by atoms with Crippen LogP contribution in [0.3, 0.4) is 0 Å². The number of rotatable bonds is 4. The van der Waals surface area contributed by atoms with Crippen LogP contribution in [0.1, 0.15) is 25.5 Å². The summed E-state index contributed by atoms with van der Waals surface area (Å²) in [4.78, 5) is 12.4. The number of fused-ring (bicyclic) bond motifs is 2. The van der Waals surface area contributed by atoms with Gasteiger partial charge in [0.1, 0.15) is 5.75 Å². The molecule has 0 spiro atoms. The Balaban J connectivity index is 1.94. The average Bonchev–Trinajstić information content (AvgIpc) is 2.69. The van der Waals surface area contributed by atoms with Crippen molar-refractivity contribution in [3.63, 3.8) is 0 Å². The Morgan fingerprint density at radius 2 is 1.63 bits per heavy atom. The molecule has 0 N–H and O–H groups in total. The lowest BCUT2D eigenvalue weighted by Gasteiger charge is -2.17. The van der Waals surface area contributed by atoms with Gasteiger partial charge in [0.2, 0.25) is 0 Å². The fourth-order valence-electron chi connectivity index (χ4n) is 3.19. The van der Waals surface area contributed by atoms with Crippen LogP contribution in [0.2, 0.25) is 0 Å². The third-order valence-corrected chi connectivity index (χ3v) is 6.25. The molecule has 2 heterocycles. The minimum Gasteiger partial charge on any atom is -0.495 e. The Morgan fingerprint density at radius 1 is 0.963 bits per heavy atom. The molecule has 0 saturated heterocycles. The highest BCUT2D eigenvalue weighted by Gasteiger charge is 2.18. The van der Waals surface area contributed by atoms with Gasteiger partial charge in [-0.1, -0.05) is 55.9 Å². The maximum Gasteiger partial charge on any atom is 0.143 e. The van der Waals surface area contributed by atoms with Crippen LogP contribution in [0.15, 0.2) is 69.4 Å². The zero-order chi connectivity index (χ0) is 19.0. The van der Waals surface area contributed by atoms with E-state index in [1.807, 2.05) is 48.7 Å². The molecule has 0 aliphatic heterocycles. The normalized spacial score (nSPS) is 11.4. The summed E-state index contributed by atoms with van der Waals surface area (Å²) >= 11 is 6.49. The minimum absolute atomic E-state index is 0.290. The summed E-state index contributed by atoms with van der Waals surface area (Å²) in [6.45, 7) is 4.28. The molecular weight excluding hydrogens is 372 g/mol. The number of thiol groups is 1. The topological polar surface area (TPSA) is 35.0 Å². The predicted molar refractivity (Wildman–Crippen MR) is 116 cm³/mol. The van der Waals surface area contributed by atoms with E-state index in [0.717, 1.165) is 47.9 Å². The summed E-state index contributed by atoms with van der Waals surface area (Å²) < 4.78 is 5.76. The molecule has 0 bridgehead atoms. The number of methoxy groups -OCH3 is 1. The molecule has 3 nitrogen and oxygen atoms in total. The van der Waals surface area contributed by atoms with Crippen molar-refractivity contribution in [1.29, 1.82) is 0 Å². The van der Waals surface area contributed by atoms with E-state index in [9.17, 15) is 0 Å². The number of hydrogen-bond acceptors (Lipinski definition) is 5. The van der Waals surface area contributed by atoms with E-state index in [-0.39, 0.29) is 5.92 Å². The molecule has 0 amide bonds. The molecule has 0 radical (unpaired) electrons. The summed E-state index contributed by atoms with van der Waals surface area (Å²) in [6, 6.07) is 16.2. The van der Waals surface area contributed by atoms with E-state index in [4.69, 9.17) is 22.3 Å². The molecule has 2 aromatic carbocycles. The van der Waals surface area contributed by atoms with Crippen molar-refractivity contribution >= 4 is 46.2 Å². The van der Waals surface area contributed by atoms with Gasteiger partial charge in [0.25, 0.3) is 0 Å². The summed E-state index contributed by atoms with van der Waals surface area (Å²) in [5, 5.41) is 2.10. The molecule has 0 atom stereocenters. The highest BCUT2D eigenvalue weighted by atomic mass is 32.2. The second-order valence-electron chi connectivity index (χ2n) is 6.62. The smallest absolute Gasteiger partial charge is 0.143 e. The number of benzene rings is 2. The Bertz CT molecular complexity index is 1140. The monoisotopic (exact) mass is 392 g/mol. The van der Waals surface area contributed by atoms with E-state index in [2.05, 4.69) is 24.9 Å². The highest BCUT2D eigenvalue weighted by molar-refractivity contribution is 8.00. The molecule has 0 saturated carbocycles. The lowest BCUT2D eigenvalue weighted by atomic mass is 10.1. The van der Waals surface area contributed by atoms with Crippen LogP contribution in [-0.4, -0.2) is 17.1 Å². The van der Waals surface area contributed by atoms with E-state index >= 15 is 0 Å². The van der Waals surface area contributed by atoms with Crippen molar-refractivity contribution in [2.45, 2.75) is 34.5 Å². The maximum atomic E-state index is 5.76. The van der Waals surface area contributed by atoms with Crippen molar-refractivity contribution in [3.8, 4) is 5.75 Å². The largest absolute Gasteiger partial charge is 0.495 e. The molecular formula is C22H20N2OS2. The zero-order valence-electron chi connectivity index (χ0n) is 15.4. The van der Waals surface area contributed by atoms with Crippen molar-refractivity contribution in [2.24, 2.45) is 0 Å². The summed E-state index contributed by atoms with van der Waals surface area (Å²) in [7, 11) is 1.71. The van der Waals surface area contributed by atoms with E-state index in [0.29, 0.717) is 0 Å². The Hall–Kier alpha value is -2.24. The van der Waals surface area contributed by atoms with Crippen LogP contribution < -0.4 is 4.74 Å². The summed E-state index contributed by atoms with van der Waals surface area (Å²) in [6.07, 6.45) is 1.88. The Morgan fingerprint density at radius 3 is 2.33 bits per heavy atom. The highest BCUT2D eigenvalue weighted by Crippen LogP contribution is 2.44. The van der Waals surface area contributed by atoms with Crippen LogP contribution in [0.25, 0.3) is 21.8 Å². The van der Waals surface area contributed by atoms with E-state index in [1.54, 1.807) is 18.9 Å². The van der Waals surface area contributed by atoms with Gasteiger partial charge in [0, 0.05) is 26.8 Å². The quantitative estimate of drug-likeness (QED) is 0.410. The molecule has 2 aromatic heterocycles. The molecule has 27 heavy (non-hydrogen) atoms. The van der Waals surface area contributed by atoms with Gasteiger partial charge >= 0.3 is 0 Å². The van der Waals surface area contributed by atoms with Crippen molar-refractivity contribution in [3.05, 3.63) is 60.4 Å². The molecule has 136 valence electrons. The van der Waals surface area contributed by atoms with Crippen molar-refractivity contribution in [1.82, 2.24) is 9.97 Å². The first-order chi connectivity index (χ1) is 13.1. The molecule has 5 heteroatoms. The maximum absolute atomic E-state index is 5.76. The summed E-state index contributed by atoms with van der Waals surface area (Å²) in [5.74, 6) is 1.13. The first kappa shape index (κ1) is 18.1. The standard InChI is InChI=1S/C22H20N2OS2/c1-13(2)19-21(26)22(15-9-5-7-11-17(15)24-19)27-18-12-23-16-10-6-4-8-14(16)20(18)25-3/h4-13,26H,1-3H3. The van der Waals surface area contributed by atoms with Crippen molar-refractivity contribution < 1.29 is 4.74 Å². The Labute approximate surface area is 168 Å². The number of pyridine rings is 2. The van der Waals surface area contributed by atoms with Gasteiger partial charge in [-0.05, 0) is 24.1 Å². The number of hydrogen-bond donors (Lipinski definition) is 1. The fraction of sp³-hybridized carbons (Fsp3) is 0.182. The van der Waals surface area contributed by atoms with Crippen LogP contribution in [-0.2, 0) is 0 Å². The zero-order valence-corrected chi connectivity index (χ0v) is 17.1. The van der Waals surface area contributed by atoms with Gasteiger partial charge in [-0.2, -0.15) is 0 Å². The van der Waals surface area contributed by atoms with Crippen LogP contribution in [0, 0.1) is 0 Å². The van der Waals surface area contributed by atoms with E-state index in [1.165, 1.54) is 0 Å². The third kappa shape index (κ3) is 3.26. The first-order valence-corrected chi connectivity index (χ1v) is 10.1. The number of ether oxygens (including phenoxy) is 1. The molecule has 0 aliphatic rings. The molecule has 4 aromatic rings. The van der Waals surface area contributed by atoms with Crippen LogP contribution >= 0.6 is 24.4 Å². The molecule has 0 fully saturated rings. The second kappa shape index (κ2) is 7.41. The molecule has 4 rings (SSSR count). The van der Waals surface area contributed by atoms with Gasteiger partial charge in [-0.3, -0.25) is 9.97 Å². The van der Waals surface area contributed by atoms with Gasteiger partial charge in [0.15, 0.2) is 0 Å². The van der Waals surface area contributed by atoms with Gasteiger partial charge in [0.05, 0.1) is 28.7 Å². The SMILES string of the molecule is COc1c(Sc2c(S)c(C(C)C)nc3ccccc23)cnc2ccccc12. The van der Waals surface area contributed by atoms with Gasteiger partial charge in [-0.15, -0.1) is 12.6 Å².